The smallest absolute Gasteiger partial charge is 0.222 e. The largest absolute Gasteiger partial charge is 0.352 e. The van der Waals surface area contributed by atoms with E-state index in [1.807, 2.05) is 0 Å². The van der Waals surface area contributed by atoms with Crippen molar-refractivity contribution >= 4 is 17.7 Å². The Labute approximate surface area is 80.2 Å². The van der Waals surface area contributed by atoms with Crippen molar-refractivity contribution in [3.63, 3.8) is 0 Å². The molecule has 1 saturated heterocycles. The Kier molecular flexibility index (Phi) is 2.44. The minimum atomic E-state index is 0.139. The van der Waals surface area contributed by atoms with Crippen LogP contribution in [0.2, 0.25) is 0 Å². The van der Waals surface area contributed by atoms with E-state index in [9.17, 15) is 4.79 Å². The van der Waals surface area contributed by atoms with Gasteiger partial charge in [-0.25, -0.2) is 9.97 Å². The number of β-lactam (4-membered cyclic amide) rings is 1. The second-order valence-corrected chi connectivity index (χ2v) is 3.80. The summed E-state index contributed by atoms with van der Waals surface area (Å²) in [5.74, 6) is 0.995. The first kappa shape index (κ1) is 8.50. The third-order valence-corrected chi connectivity index (χ3v) is 2.79. The summed E-state index contributed by atoms with van der Waals surface area (Å²) in [6.45, 7) is 0. The molecule has 0 radical (unpaired) electrons. The van der Waals surface area contributed by atoms with Crippen LogP contribution in [-0.2, 0) is 4.79 Å². The molecule has 13 heavy (non-hydrogen) atoms. The van der Waals surface area contributed by atoms with Crippen LogP contribution in [0.5, 0.6) is 0 Å². The first-order valence-electron chi connectivity index (χ1n) is 4.04. The Hall–Kier alpha value is -1.10. The Balaban J connectivity index is 1.77. The fourth-order valence-corrected chi connectivity index (χ4v) is 1.89. The first-order valence-corrected chi connectivity index (χ1v) is 5.02. The molecule has 1 aliphatic rings. The SMILES string of the molecule is O=C1CC(CSc2ncccn2)N1. The fraction of sp³-hybridized carbons (Fsp3) is 0.375. The number of nitrogens with one attached hydrogen (secondary N) is 1. The van der Waals surface area contributed by atoms with E-state index in [-0.39, 0.29) is 5.91 Å². The Morgan fingerprint density at radius 1 is 1.54 bits per heavy atom. The molecule has 0 spiro atoms. The standard InChI is InChI=1S/C8H9N3OS/c12-7-4-6(11-7)5-13-8-9-2-1-3-10-8/h1-3,6H,4-5H2,(H,11,12). The molecule has 1 aliphatic heterocycles. The molecule has 1 amide bonds. The average molecular weight is 195 g/mol. The molecule has 0 aromatic carbocycles. The minimum Gasteiger partial charge on any atom is -0.352 e. The molecule has 1 fully saturated rings. The van der Waals surface area contributed by atoms with Gasteiger partial charge in [-0.2, -0.15) is 0 Å². The molecular formula is C8H9N3OS. The van der Waals surface area contributed by atoms with Crippen molar-refractivity contribution in [3.05, 3.63) is 18.5 Å². The number of rotatable bonds is 3. The van der Waals surface area contributed by atoms with Gasteiger partial charge in [-0.15, -0.1) is 0 Å². The number of thioether (sulfide) groups is 1. The summed E-state index contributed by atoms with van der Waals surface area (Å²) in [5, 5.41) is 3.56. The molecule has 1 aromatic heterocycles. The van der Waals surface area contributed by atoms with Crippen molar-refractivity contribution in [2.75, 3.05) is 5.75 Å². The van der Waals surface area contributed by atoms with Gasteiger partial charge in [0.2, 0.25) is 5.91 Å². The van der Waals surface area contributed by atoms with Crippen LogP contribution in [0.25, 0.3) is 0 Å². The Morgan fingerprint density at radius 3 is 2.85 bits per heavy atom. The lowest BCUT2D eigenvalue weighted by Gasteiger charge is -2.25. The molecule has 68 valence electrons. The molecule has 5 heteroatoms. The maximum atomic E-state index is 10.6. The van der Waals surface area contributed by atoms with E-state index in [0.29, 0.717) is 12.5 Å². The highest BCUT2D eigenvalue weighted by Crippen LogP contribution is 2.16. The van der Waals surface area contributed by atoms with Gasteiger partial charge in [-0.3, -0.25) is 4.79 Å². The van der Waals surface area contributed by atoms with Crippen molar-refractivity contribution in [2.24, 2.45) is 0 Å². The van der Waals surface area contributed by atoms with Crippen molar-refractivity contribution in [3.8, 4) is 0 Å². The molecule has 2 rings (SSSR count). The lowest BCUT2D eigenvalue weighted by atomic mass is 10.1. The maximum absolute atomic E-state index is 10.6. The van der Waals surface area contributed by atoms with Crippen molar-refractivity contribution in [1.82, 2.24) is 15.3 Å². The summed E-state index contributed by atoms with van der Waals surface area (Å²) >= 11 is 1.57. The average Bonchev–Trinajstić information content (AvgIpc) is 2.12. The van der Waals surface area contributed by atoms with E-state index >= 15 is 0 Å². The minimum absolute atomic E-state index is 0.139. The molecule has 1 N–H and O–H groups in total. The summed E-state index contributed by atoms with van der Waals surface area (Å²) < 4.78 is 0. The summed E-state index contributed by atoms with van der Waals surface area (Å²) in [4.78, 5) is 18.7. The van der Waals surface area contributed by atoms with Gasteiger partial charge in [-0.1, -0.05) is 11.8 Å². The predicted molar refractivity (Wildman–Crippen MR) is 49.3 cm³/mol. The number of amides is 1. The lowest BCUT2D eigenvalue weighted by Crippen LogP contribution is -2.49. The van der Waals surface area contributed by atoms with E-state index in [2.05, 4.69) is 15.3 Å². The van der Waals surface area contributed by atoms with Crippen molar-refractivity contribution < 1.29 is 4.79 Å². The number of nitrogens with zero attached hydrogens (tertiary/aromatic N) is 2. The third kappa shape index (κ3) is 2.18. The van der Waals surface area contributed by atoms with Gasteiger partial charge in [0, 0.05) is 30.6 Å². The van der Waals surface area contributed by atoms with Gasteiger partial charge < -0.3 is 5.32 Å². The number of hydrogen-bond donors (Lipinski definition) is 1. The van der Waals surface area contributed by atoms with E-state index in [4.69, 9.17) is 0 Å². The monoisotopic (exact) mass is 195 g/mol. The van der Waals surface area contributed by atoms with E-state index in [1.165, 1.54) is 0 Å². The molecule has 0 bridgehead atoms. The van der Waals surface area contributed by atoms with Crippen LogP contribution in [0.15, 0.2) is 23.6 Å². The second-order valence-electron chi connectivity index (χ2n) is 2.81. The summed E-state index contributed by atoms with van der Waals surface area (Å²) in [6.07, 6.45) is 4.07. The Morgan fingerprint density at radius 2 is 2.23 bits per heavy atom. The molecule has 1 atom stereocenters. The molecule has 0 saturated carbocycles. The first-order chi connectivity index (χ1) is 6.34. The number of carbonyl (C=O) groups is 1. The van der Waals surface area contributed by atoms with Crippen LogP contribution >= 0.6 is 11.8 Å². The van der Waals surface area contributed by atoms with Gasteiger partial charge in [0.25, 0.3) is 0 Å². The van der Waals surface area contributed by atoms with E-state index < -0.39 is 0 Å². The quantitative estimate of drug-likeness (QED) is 0.432. The van der Waals surface area contributed by atoms with Crippen LogP contribution in [-0.4, -0.2) is 27.7 Å². The highest BCUT2D eigenvalue weighted by Gasteiger charge is 2.24. The molecule has 1 aromatic rings. The van der Waals surface area contributed by atoms with Crippen LogP contribution in [0.1, 0.15) is 6.42 Å². The van der Waals surface area contributed by atoms with Gasteiger partial charge in [0.15, 0.2) is 5.16 Å². The number of hydrogen-bond acceptors (Lipinski definition) is 4. The van der Waals surface area contributed by atoms with Crippen molar-refractivity contribution in [1.29, 1.82) is 0 Å². The van der Waals surface area contributed by atoms with Gasteiger partial charge >= 0.3 is 0 Å². The van der Waals surface area contributed by atoms with Crippen LogP contribution in [0.4, 0.5) is 0 Å². The molecule has 2 heterocycles. The zero-order valence-corrected chi connectivity index (χ0v) is 7.75. The molecule has 0 aliphatic carbocycles. The van der Waals surface area contributed by atoms with Gasteiger partial charge in [-0.05, 0) is 6.07 Å². The highest BCUT2D eigenvalue weighted by atomic mass is 32.2. The molecular weight excluding hydrogens is 186 g/mol. The second kappa shape index (κ2) is 3.74. The summed E-state index contributed by atoms with van der Waals surface area (Å²) in [6, 6.07) is 2.09. The topological polar surface area (TPSA) is 54.9 Å². The summed E-state index contributed by atoms with van der Waals surface area (Å²) in [7, 11) is 0. The van der Waals surface area contributed by atoms with E-state index in [0.717, 1.165) is 10.9 Å². The highest BCUT2D eigenvalue weighted by molar-refractivity contribution is 7.99. The zero-order chi connectivity index (χ0) is 9.10. The number of carbonyl (C=O) groups excluding carboxylic acids is 1. The molecule has 1 unspecified atom stereocenters. The van der Waals surface area contributed by atoms with Gasteiger partial charge in [0.05, 0.1) is 0 Å². The Bertz CT molecular complexity index is 296. The van der Waals surface area contributed by atoms with Crippen LogP contribution in [0, 0.1) is 0 Å². The van der Waals surface area contributed by atoms with Gasteiger partial charge in [0.1, 0.15) is 0 Å². The number of aromatic nitrogens is 2. The van der Waals surface area contributed by atoms with Crippen molar-refractivity contribution in [2.45, 2.75) is 17.6 Å². The zero-order valence-electron chi connectivity index (χ0n) is 6.93. The maximum Gasteiger partial charge on any atom is 0.222 e. The normalized spacial score (nSPS) is 20.6. The van der Waals surface area contributed by atoms with Crippen LogP contribution < -0.4 is 5.32 Å². The summed E-state index contributed by atoms with van der Waals surface area (Å²) in [5.41, 5.74) is 0. The molecule has 4 nitrogen and oxygen atoms in total. The van der Waals surface area contributed by atoms with E-state index in [1.54, 1.807) is 30.2 Å². The predicted octanol–water partition coefficient (Wildman–Crippen LogP) is 0.457. The van der Waals surface area contributed by atoms with Crippen LogP contribution in [0.3, 0.4) is 0 Å². The fourth-order valence-electron chi connectivity index (χ4n) is 1.07. The third-order valence-electron chi connectivity index (χ3n) is 1.75. The lowest BCUT2D eigenvalue weighted by molar-refractivity contribution is -0.127.